The van der Waals surface area contributed by atoms with Gasteiger partial charge in [0, 0.05) is 0 Å². The predicted molar refractivity (Wildman–Crippen MR) is 75.4 cm³/mol. The van der Waals surface area contributed by atoms with Gasteiger partial charge in [-0.15, -0.1) is 0 Å². The van der Waals surface area contributed by atoms with Crippen LogP contribution in [0.15, 0.2) is 0 Å². The molecule has 0 heterocycles. The minimum Gasteiger partial charge on any atom is -0.0533 e. The largest absolute Gasteiger partial charge is 0.0872 e. The molecule has 0 aliphatic heterocycles. The van der Waals surface area contributed by atoms with E-state index in [4.69, 9.17) is 0 Å². The second-order valence-corrected chi connectivity index (χ2v) is 4.93. The third-order valence-corrected chi connectivity index (χ3v) is 3.24. The van der Waals surface area contributed by atoms with Gasteiger partial charge in [-0.1, -0.05) is 38.5 Å². The van der Waals surface area contributed by atoms with E-state index in [1.54, 1.807) is 0 Å². The second-order valence-electron chi connectivity index (χ2n) is 4.93. The minimum absolute atomic E-state index is 1.31. The Balaban J connectivity index is 2.83. The summed E-state index contributed by atoms with van der Waals surface area (Å²) in [5.41, 5.74) is 0. The fourth-order valence-electron chi connectivity index (χ4n) is 2.11. The zero-order valence-corrected chi connectivity index (χ0v) is 11.6. The SMILES string of the molecule is C[CH+]CCCCCCCCCCCC[CH+]C. The first kappa shape index (κ1) is 15.7. The molecule has 0 unspecified atom stereocenters. The maximum absolute atomic E-state index is 2.29. The maximum atomic E-state index is 2.29. The molecule has 0 rings (SSSR count). The van der Waals surface area contributed by atoms with Gasteiger partial charge in [0.25, 0.3) is 0 Å². The molecule has 0 atom stereocenters. The van der Waals surface area contributed by atoms with Gasteiger partial charge in [-0.2, -0.15) is 0 Å². The van der Waals surface area contributed by atoms with Crippen LogP contribution in [0.2, 0.25) is 0 Å². The van der Waals surface area contributed by atoms with Gasteiger partial charge in [0.1, 0.15) is 0 Å². The zero-order valence-electron chi connectivity index (χ0n) is 11.6. The predicted octanol–water partition coefficient (Wildman–Crippen LogP) is 6.12. The van der Waals surface area contributed by atoms with E-state index in [1.165, 1.54) is 77.0 Å². The number of unbranched alkanes of at least 4 members (excludes halogenated alkanes) is 13. The molecule has 0 aromatic carbocycles. The lowest BCUT2D eigenvalue weighted by molar-refractivity contribution is 0.550. The molecule has 0 aliphatic rings. The van der Waals surface area contributed by atoms with Gasteiger partial charge >= 0.3 is 0 Å². The summed E-state index contributed by atoms with van der Waals surface area (Å²) >= 11 is 0. The lowest BCUT2D eigenvalue weighted by atomic mass is 10.0. The highest BCUT2D eigenvalue weighted by molar-refractivity contribution is 4.57. The lowest BCUT2D eigenvalue weighted by Crippen LogP contribution is -1.82. The first-order chi connectivity index (χ1) is 7.91. The Kier molecular flexibility index (Phi) is 14.5. The highest BCUT2D eigenvalue weighted by atomic mass is 14.0. The summed E-state index contributed by atoms with van der Waals surface area (Å²) < 4.78 is 0. The van der Waals surface area contributed by atoms with E-state index in [0.717, 1.165) is 0 Å². The van der Waals surface area contributed by atoms with Gasteiger partial charge in [0.05, 0.1) is 39.5 Å². The van der Waals surface area contributed by atoms with E-state index < -0.39 is 0 Å². The van der Waals surface area contributed by atoms with Gasteiger partial charge in [-0.3, -0.25) is 0 Å². The van der Waals surface area contributed by atoms with Crippen molar-refractivity contribution in [3.63, 3.8) is 0 Å². The van der Waals surface area contributed by atoms with Crippen LogP contribution in [0.3, 0.4) is 0 Å². The first-order valence-corrected chi connectivity index (χ1v) is 7.47. The van der Waals surface area contributed by atoms with Crippen LogP contribution in [0.4, 0.5) is 0 Å². The molecule has 94 valence electrons. The van der Waals surface area contributed by atoms with Crippen molar-refractivity contribution in [3.05, 3.63) is 12.8 Å². The first-order valence-electron chi connectivity index (χ1n) is 7.47. The van der Waals surface area contributed by atoms with Crippen LogP contribution in [-0.4, -0.2) is 0 Å². The molecule has 0 radical (unpaired) electrons. The van der Waals surface area contributed by atoms with Gasteiger partial charge < -0.3 is 0 Å². The highest BCUT2D eigenvalue weighted by Crippen LogP contribution is 2.12. The van der Waals surface area contributed by atoms with Crippen LogP contribution in [0, 0.1) is 12.8 Å². The third kappa shape index (κ3) is 13.7. The maximum Gasteiger partial charge on any atom is 0.0872 e. The summed E-state index contributed by atoms with van der Waals surface area (Å²) in [5.74, 6) is 0. The van der Waals surface area contributed by atoms with Crippen molar-refractivity contribution in [2.45, 2.75) is 90.9 Å². The normalized spacial score (nSPS) is 10.4. The average Bonchev–Trinajstić information content (AvgIpc) is 2.31. The molecule has 0 bridgehead atoms. The molecule has 0 nitrogen and oxygen atoms in total. The smallest absolute Gasteiger partial charge is 0.0533 e. The molecule has 0 N–H and O–H groups in total. The van der Waals surface area contributed by atoms with Crippen molar-refractivity contribution in [2.75, 3.05) is 0 Å². The summed E-state index contributed by atoms with van der Waals surface area (Å²) in [4.78, 5) is 0. The fourth-order valence-corrected chi connectivity index (χ4v) is 2.11. The van der Waals surface area contributed by atoms with E-state index in [0.29, 0.717) is 0 Å². The number of hydrogen-bond acceptors (Lipinski definition) is 0. The molecular weight excluding hydrogens is 192 g/mol. The van der Waals surface area contributed by atoms with Crippen molar-refractivity contribution in [1.82, 2.24) is 0 Å². The summed E-state index contributed by atoms with van der Waals surface area (Å²) in [6.07, 6.45) is 21.7. The molecule has 0 heteroatoms. The van der Waals surface area contributed by atoms with Crippen LogP contribution in [-0.2, 0) is 0 Å². The summed E-state index contributed by atoms with van der Waals surface area (Å²) in [7, 11) is 0. The van der Waals surface area contributed by atoms with Gasteiger partial charge in [0.2, 0.25) is 0 Å². The highest BCUT2D eigenvalue weighted by Gasteiger charge is 1.95. The second kappa shape index (κ2) is 14.7. The van der Waals surface area contributed by atoms with Crippen LogP contribution < -0.4 is 0 Å². The van der Waals surface area contributed by atoms with Gasteiger partial charge in [0.15, 0.2) is 0 Å². The molecule has 0 aromatic heterocycles. The van der Waals surface area contributed by atoms with E-state index in [-0.39, 0.29) is 0 Å². The van der Waals surface area contributed by atoms with Crippen LogP contribution >= 0.6 is 0 Å². The molecular formula is C16H32+2. The fraction of sp³-hybridized carbons (Fsp3) is 0.875. The molecule has 0 aliphatic carbocycles. The standard InChI is InChI=1S/C16H32/c1-3-5-7-9-11-13-15-16-14-12-10-8-6-4-2/h3-4H,5-16H2,1-2H3/q+2. The van der Waals surface area contributed by atoms with Crippen LogP contribution in [0.25, 0.3) is 0 Å². The van der Waals surface area contributed by atoms with E-state index >= 15 is 0 Å². The molecule has 0 fully saturated rings. The van der Waals surface area contributed by atoms with Crippen molar-refractivity contribution in [2.24, 2.45) is 0 Å². The van der Waals surface area contributed by atoms with Crippen LogP contribution in [0.5, 0.6) is 0 Å². The number of hydrogen-bond donors (Lipinski definition) is 0. The summed E-state index contributed by atoms with van der Waals surface area (Å²) in [6, 6.07) is 0. The quantitative estimate of drug-likeness (QED) is 0.261. The molecule has 0 spiro atoms. The molecule has 0 saturated carbocycles. The molecule has 0 amide bonds. The topological polar surface area (TPSA) is 0 Å². The minimum atomic E-state index is 1.31. The monoisotopic (exact) mass is 224 g/mol. The Bertz CT molecular complexity index is 92.6. The average molecular weight is 224 g/mol. The number of rotatable bonds is 13. The van der Waals surface area contributed by atoms with E-state index in [9.17, 15) is 0 Å². The van der Waals surface area contributed by atoms with Crippen molar-refractivity contribution >= 4 is 0 Å². The van der Waals surface area contributed by atoms with Gasteiger partial charge in [-0.05, 0) is 25.7 Å². The van der Waals surface area contributed by atoms with Crippen molar-refractivity contribution in [3.8, 4) is 0 Å². The summed E-state index contributed by atoms with van der Waals surface area (Å²) in [6.45, 7) is 4.33. The zero-order chi connectivity index (χ0) is 11.9. The molecule has 0 saturated heterocycles. The Morgan fingerprint density at radius 1 is 0.438 bits per heavy atom. The molecule has 0 aromatic rings. The summed E-state index contributed by atoms with van der Waals surface area (Å²) in [5, 5.41) is 0. The Morgan fingerprint density at radius 3 is 0.938 bits per heavy atom. The van der Waals surface area contributed by atoms with E-state index in [1.807, 2.05) is 0 Å². The van der Waals surface area contributed by atoms with Gasteiger partial charge in [-0.25, -0.2) is 0 Å². The van der Waals surface area contributed by atoms with Crippen molar-refractivity contribution < 1.29 is 0 Å². The third-order valence-electron chi connectivity index (χ3n) is 3.24. The van der Waals surface area contributed by atoms with E-state index in [2.05, 4.69) is 26.7 Å². The van der Waals surface area contributed by atoms with Crippen molar-refractivity contribution in [1.29, 1.82) is 0 Å². The Hall–Kier alpha value is -0.260. The lowest BCUT2D eigenvalue weighted by Gasteiger charge is -2.00. The van der Waals surface area contributed by atoms with Crippen LogP contribution in [0.1, 0.15) is 90.9 Å². The Labute approximate surface area is 104 Å². The molecule has 16 heavy (non-hydrogen) atoms. The Morgan fingerprint density at radius 2 is 0.688 bits per heavy atom.